The molecule has 3 aromatic carbocycles. The molecule has 0 amide bonds. The van der Waals surface area contributed by atoms with E-state index in [-0.39, 0.29) is 34.1 Å². The topological polar surface area (TPSA) is 148 Å². The summed E-state index contributed by atoms with van der Waals surface area (Å²) in [6, 6.07) is 19.0. The molecule has 0 aliphatic carbocycles. The molecule has 0 radical (unpaired) electrons. The SMILES string of the molecule is COc1ccccc1C(=O)[O-].COc1ccccc1C(=O)[O-].COc1ccccc1C(=O)[O-].[Al+3]. The summed E-state index contributed by atoms with van der Waals surface area (Å²) in [5, 5.41) is 31.2. The fourth-order valence-electron chi connectivity index (χ4n) is 2.44. The Balaban J connectivity index is 0.000000473. The molecular weight excluding hydrogens is 459 g/mol. The standard InChI is InChI=1S/3C8H8O3.Al/c3*1-11-7-5-3-2-4-6(7)8(9)10;/h3*2-5H,1H3,(H,9,10);/q;;;+3/p-3. The van der Waals surface area contributed by atoms with Crippen LogP contribution in [0.15, 0.2) is 72.8 Å². The van der Waals surface area contributed by atoms with Gasteiger partial charge in [0, 0.05) is 16.7 Å². The first kappa shape index (κ1) is 30.0. The van der Waals surface area contributed by atoms with Gasteiger partial charge >= 0.3 is 17.4 Å². The average Bonchev–Trinajstić information content (AvgIpc) is 2.84. The quantitative estimate of drug-likeness (QED) is 0.437. The Kier molecular flexibility index (Phi) is 13.9. The monoisotopic (exact) mass is 480 g/mol. The van der Waals surface area contributed by atoms with Crippen LogP contribution in [0.1, 0.15) is 31.1 Å². The van der Waals surface area contributed by atoms with Crippen molar-refractivity contribution >= 4 is 35.3 Å². The maximum absolute atomic E-state index is 10.4. The fraction of sp³-hybridized carbons (Fsp3) is 0.125. The fourth-order valence-corrected chi connectivity index (χ4v) is 2.44. The van der Waals surface area contributed by atoms with Crippen molar-refractivity contribution in [1.29, 1.82) is 0 Å². The Morgan fingerprint density at radius 1 is 0.500 bits per heavy atom. The molecule has 0 aromatic heterocycles. The van der Waals surface area contributed by atoms with E-state index in [0.717, 1.165) is 0 Å². The van der Waals surface area contributed by atoms with Gasteiger partial charge in [-0.05, 0) is 36.4 Å². The third-order valence-corrected chi connectivity index (χ3v) is 3.98. The van der Waals surface area contributed by atoms with Crippen LogP contribution in [0, 0.1) is 0 Å². The van der Waals surface area contributed by atoms with Gasteiger partial charge in [-0.25, -0.2) is 0 Å². The van der Waals surface area contributed by atoms with Gasteiger partial charge in [0.1, 0.15) is 17.2 Å². The summed E-state index contributed by atoms with van der Waals surface area (Å²) in [5.74, 6) is -2.68. The molecule has 3 aromatic rings. The van der Waals surface area contributed by atoms with Crippen LogP contribution >= 0.6 is 0 Å². The summed E-state index contributed by atoms with van der Waals surface area (Å²) in [4.78, 5) is 31.2. The van der Waals surface area contributed by atoms with Crippen molar-refractivity contribution < 1.29 is 43.9 Å². The Morgan fingerprint density at radius 2 is 0.706 bits per heavy atom. The summed E-state index contributed by atoms with van der Waals surface area (Å²) in [6.07, 6.45) is 0. The molecule has 0 atom stereocenters. The first-order valence-corrected chi connectivity index (χ1v) is 9.29. The normalized spacial score (nSPS) is 8.91. The van der Waals surface area contributed by atoms with E-state index >= 15 is 0 Å². The minimum Gasteiger partial charge on any atom is -0.545 e. The van der Waals surface area contributed by atoms with E-state index in [9.17, 15) is 29.7 Å². The number of carbonyl (C=O) groups excluding carboxylic acids is 3. The molecule has 0 bridgehead atoms. The van der Waals surface area contributed by atoms with Gasteiger partial charge in [-0.1, -0.05) is 36.4 Å². The van der Waals surface area contributed by atoms with Crippen LogP contribution in [0.4, 0.5) is 0 Å². The zero-order valence-electron chi connectivity index (χ0n) is 18.7. The Bertz CT molecular complexity index is 947. The van der Waals surface area contributed by atoms with Crippen LogP contribution in [0.3, 0.4) is 0 Å². The molecule has 0 saturated heterocycles. The van der Waals surface area contributed by atoms with E-state index in [4.69, 9.17) is 14.2 Å². The molecule has 174 valence electrons. The molecule has 0 fully saturated rings. The van der Waals surface area contributed by atoms with Crippen molar-refractivity contribution in [3.8, 4) is 17.2 Å². The second-order valence-electron chi connectivity index (χ2n) is 5.96. The molecule has 9 nitrogen and oxygen atoms in total. The first-order chi connectivity index (χ1) is 15.8. The first-order valence-electron chi connectivity index (χ1n) is 9.29. The molecule has 0 heterocycles. The number of carboxylic acid groups (broad SMARTS) is 3. The minimum absolute atomic E-state index is 0. The van der Waals surface area contributed by atoms with Gasteiger partial charge in [0.25, 0.3) is 0 Å². The van der Waals surface area contributed by atoms with Gasteiger partial charge in [-0.2, -0.15) is 0 Å². The summed E-state index contributed by atoms with van der Waals surface area (Å²) in [6.45, 7) is 0. The Morgan fingerprint density at radius 3 is 0.853 bits per heavy atom. The van der Waals surface area contributed by atoms with Crippen molar-refractivity contribution in [2.24, 2.45) is 0 Å². The molecule has 34 heavy (non-hydrogen) atoms. The number of carbonyl (C=O) groups is 3. The van der Waals surface area contributed by atoms with Gasteiger partial charge in [0.15, 0.2) is 0 Å². The zero-order valence-corrected chi connectivity index (χ0v) is 19.8. The third kappa shape index (κ3) is 9.24. The van der Waals surface area contributed by atoms with Crippen LogP contribution in [0.25, 0.3) is 0 Å². The van der Waals surface area contributed by atoms with Gasteiger partial charge in [0.05, 0.1) is 39.2 Å². The number of aromatic carboxylic acids is 3. The van der Waals surface area contributed by atoms with Gasteiger partial charge in [0.2, 0.25) is 0 Å². The summed E-state index contributed by atoms with van der Waals surface area (Å²) in [7, 11) is 4.26. The summed E-state index contributed by atoms with van der Waals surface area (Å²) >= 11 is 0. The molecule has 10 heteroatoms. The van der Waals surface area contributed by atoms with Gasteiger partial charge in [-0.15, -0.1) is 0 Å². The van der Waals surface area contributed by atoms with Gasteiger partial charge < -0.3 is 43.9 Å². The van der Waals surface area contributed by atoms with Crippen LogP contribution in [0.5, 0.6) is 17.2 Å². The number of ether oxygens (including phenoxy) is 3. The van der Waals surface area contributed by atoms with E-state index in [0.29, 0.717) is 17.2 Å². The van der Waals surface area contributed by atoms with E-state index in [2.05, 4.69) is 0 Å². The molecule has 0 aliphatic rings. The molecule has 0 saturated carbocycles. The van der Waals surface area contributed by atoms with Gasteiger partial charge in [-0.3, -0.25) is 0 Å². The van der Waals surface area contributed by atoms with Crippen molar-refractivity contribution in [2.45, 2.75) is 0 Å². The van der Waals surface area contributed by atoms with E-state index in [1.807, 2.05) is 0 Å². The van der Waals surface area contributed by atoms with Crippen LogP contribution < -0.4 is 29.5 Å². The van der Waals surface area contributed by atoms with Crippen molar-refractivity contribution in [2.75, 3.05) is 21.3 Å². The average molecular weight is 480 g/mol. The number of hydrogen-bond donors (Lipinski definition) is 0. The van der Waals surface area contributed by atoms with Crippen LogP contribution in [-0.4, -0.2) is 56.6 Å². The van der Waals surface area contributed by atoms with Crippen LogP contribution in [-0.2, 0) is 0 Å². The molecule has 0 spiro atoms. The largest absolute Gasteiger partial charge is 3.00 e. The minimum atomic E-state index is -1.22. The number of rotatable bonds is 6. The second kappa shape index (κ2) is 15.7. The predicted octanol–water partition coefficient (Wildman–Crippen LogP) is -0.205. The van der Waals surface area contributed by atoms with Crippen molar-refractivity contribution in [1.82, 2.24) is 0 Å². The summed E-state index contributed by atoms with van der Waals surface area (Å²) in [5.41, 5.74) is 0.236. The summed E-state index contributed by atoms with van der Waals surface area (Å²) < 4.78 is 14.4. The molecule has 0 N–H and O–H groups in total. The Labute approximate surface area is 207 Å². The predicted molar refractivity (Wildman–Crippen MR) is 118 cm³/mol. The van der Waals surface area contributed by atoms with E-state index in [1.165, 1.54) is 39.5 Å². The van der Waals surface area contributed by atoms with Crippen LogP contribution in [0.2, 0.25) is 0 Å². The number of methoxy groups -OCH3 is 3. The van der Waals surface area contributed by atoms with Crippen molar-refractivity contribution in [3.05, 3.63) is 89.5 Å². The second-order valence-corrected chi connectivity index (χ2v) is 5.96. The zero-order chi connectivity index (χ0) is 24.8. The molecule has 0 unspecified atom stereocenters. The molecule has 3 rings (SSSR count). The molecule has 0 aliphatic heterocycles. The van der Waals surface area contributed by atoms with Crippen molar-refractivity contribution in [3.63, 3.8) is 0 Å². The smallest absolute Gasteiger partial charge is 0.545 e. The maximum Gasteiger partial charge on any atom is 3.00 e. The number of benzene rings is 3. The maximum atomic E-state index is 10.4. The third-order valence-electron chi connectivity index (χ3n) is 3.98. The molecular formula is C24H21AlO9. The Hall–Kier alpha value is -4.00. The van der Waals surface area contributed by atoms with E-state index < -0.39 is 17.9 Å². The number of para-hydroxylation sites is 3. The number of carboxylic acids is 3. The van der Waals surface area contributed by atoms with E-state index in [1.54, 1.807) is 54.6 Å². The number of hydrogen-bond acceptors (Lipinski definition) is 9.